The zero-order valence-electron chi connectivity index (χ0n) is 6.91. The Hall–Kier alpha value is -1.57. The topological polar surface area (TPSA) is 38.9 Å². The summed E-state index contributed by atoms with van der Waals surface area (Å²) in [5, 5.41) is 1.04. The smallest absolute Gasteiger partial charge is 0.0751 e. The molecule has 0 saturated heterocycles. The molecule has 0 aliphatic rings. The third-order valence-electron chi connectivity index (χ3n) is 2.01. The van der Waals surface area contributed by atoms with Gasteiger partial charge < -0.3 is 5.73 Å². The quantitative estimate of drug-likeness (QED) is 0.596. The number of nitrogens with two attached hydrogens (primary N) is 1. The Morgan fingerprint density at radius 3 is 2.83 bits per heavy atom. The fraction of sp³-hybridized carbons (Fsp3) is 0.100. The van der Waals surface area contributed by atoms with Crippen LogP contribution in [0.25, 0.3) is 10.9 Å². The molecule has 0 unspecified atom stereocenters. The number of hydrogen-bond donors (Lipinski definition) is 1. The van der Waals surface area contributed by atoms with Gasteiger partial charge >= 0.3 is 0 Å². The van der Waals surface area contributed by atoms with E-state index in [1.165, 1.54) is 5.56 Å². The van der Waals surface area contributed by atoms with Crippen molar-refractivity contribution in [3.05, 3.63) is 36.0 Å². The third-order valence-corrected chi connectivity index (χ3v) is 2.01. The normalized spacial score (nSPS) is 10.4. The van der Waals surface area contributed by atoms with Gasteiger partial charge in [-0.25, -0.2) is 0 Å². The summed E-state index contributed by atoms with van der Waals surface area (Å²) >= 11 is 0. The summed E-state index contributed by atoms with van der Waals surface area (Å²) in [5.41, 5.74) is 8.74. The van der Waals surface area contributed by atoms with E-state index >= 15 is 0 Å². The second kappa shape index (κ2) is 2.48. The minimum Gasteiger partial charge on any atom is -0.398 e. The summed E-state index contributed by atoms with van der Waals surface area (Å²) in [6.45, 7) is 2.04. The van der Waals surface area contributed by atoms with Crippen molar-refractivity contribution in [3.63, 3.8) is 0 Å². The fourth-order valence-corrected chi connectivity index (χ4v) is 1.34. The summed E-state index contributed by atoms with van der Waals surface area (Å²) in [4.78, 5) is 4.26. The molecule has 0 radical (unpaired) electrons. The monoisotopic (exact) mass is 158 g/mol. The van der Waals surface area contributed by atoms with Crippen molar-refractivity contribution >= 4 is 16.6 Å². The van der Waals surface area contributed by atoms with E-state index in [-0.39, 0.29) is 0 Å². The second-order valence-electron chi connectivity index (χ2n) is 2.87. The molecule has 0 aliphatic heterocycles. The summed E-state index contributed by atoms with van der Waals surface area (Å²) in [7, 11) is 0. The van der Waals surface area contributed by atoms with Gasteiger partial charge in [-0.1, -0.05) is 6.07 Å². The minimum atomic E-state index is 0.795. The number of fused-ring (bicyclic) bond motifs is 1. The number of aryl methyl sites for hydroxylation is 1. The Balaban J connectivity index is 2.95. The molecule has 2 rings (SSSR count). The van der Waals surface area contributed by atoms with E-state index in [1.54, 1.807) is 6.20 Å². The first-order chi connectivity index (χ1) is 5.79. The molecule has 60 valence electrons. The molecule has 2 aromatic rings. The van der Waals surface area contributed by atoms with Crippen molar-refractivity contribution in [3.8, 4) is 0 Å². The molecular weight excluding hydrogens is 148 g/mol. The van der Waals surface area contributed by atoms with Gasteiger partial charge in [-0.3, -0.25) is 4.98 Å². The van der Waals surface area contributed by atoms with E-state index in [9.17, 15) is 0 Å². The SMILES string of the molecule is Cc1ccc(N)c2cccnc12. The highest BCUT2D eigenvalue weighted by atomic mass is 14.7. The molecule has 0 aliphatic carbocycles. The average Bonchev–Trinajstić information content (AvgIpc) is 2.12. The predicted molar refractivity (Wildman–Crippen MR) is 50.9 cm³/mol. The van der Waals surface area contributed by atoms with Crippen molar-refractivity contribution < 1.29 is 0 Å². The Kier molecular flexibility index (Phi) is 1.47. The molecule has 2 nitrogen and oxygen atoms in total. The van der Waals surface area contributed by atoms with Crippen molar-refractivity contribution in [2.24, 2.45) is 0 Å². The van der Waals surface area contributed by atoms with Gasteiger partial charge in [0.15, 0.2) is 0 Å². The van der Waals surface area contributed by atoms with E-state index in [2.05, 4.69) is 4.98 Å². The van der Waals surface area contributed by atoms with E-state index in [1.807, 2.05) is 31.2 Å². The van der Waals surface area contributed by atoms with Crippen LogP contribution in [0, 0.1) is 6.92 Å². The Bertz CT molecular complexity index is 381. The molecule has 1 aromatic heterocycles. The first-order valence-corrected chi connectivity index (χ1v) is 3.89. The molecule has 0 spiro atoms. The number of pyridine rings is 1. The maximum atomic E-state index is 5.79. The van der Waals surface area contributed by atoms with Gasteiger partial charge in [0, 0.05) is 17.3 Å². The maximum Gasteiger partial charge on any atom is 0.0751 e. The third kappa shape index (κ3) is 0.925. The lowest BCUT2D eigenvalue weighted by atomic mass is 10.1. The molecule has 0 fully saturated rings. The van der Waals surface area contributed by atoms with E-state index in [0.717, 1.165) is 16.6 Å². The van der Waals surface area contributed by atoms with Crippen LogP contribution in [-0.2, 0) is 0 Å². The highest BCUT2D eigenvalue weighted by Gasteiger charge is 1.99. The van der Waals surface area contributed by atoms with Crippen LogP contribution in [0.1, 0.15) is 5.56 Å². The molecule has 2 N–H and O–H groups in total. The fourth-order valence-electron chi connectivity index (χ4n) is 1.34. The molecule has 0 amide bonds. The summed E-state index contributed by atoms with van der Waals surface area (Å²) in [5.74, 6) is 0. The number of benzene rings is 1. The van der Waals surface area contributed by atoms with Crippen molar-refractivity contribution in [2.45, 2.75) is 6.92 Å². The standard InChI is InChI=1S/C10H10N2/c1-7-4-5-9(11)8-3-2-6-12-10(7)8/h2-6H,11H2,1H3. The van der Waals surface area contributed by atoms with Crippen LogP contribution in [0.5, 0.6) is 0 Å². The molecule has 1 heterocycles. The first-order valence-electron chi connectivity index (χ1n) is 3.89. The lowest BCUT2D eigenvalue weighted by Gasteiger charge is -2.02. The van der Waals surface area contributed by atoms with E-state index in [0.29, 0.717) is 0 Å². The number of anilines is 1. The molecule has 0 saturated carbocycles. The summed E-state index contributed by atoms with van der Waals surface area (Å²) < 4.78 is 0. The summed E-state index contributed by atoms with van der Waals surface area (Å²) in [6, 6.07) is 7.80. The zero-order valence-corrected chi connectivity index (χ0v) is 6.91. The lowest BCUT2D eigenvalue weighted by molar-refractivity contribution is 1.37. The van der Waals surface area contributed by atoms with Crippen LogP contribution in [0.3, 0.4) is 0 Å². The number of hydrogen-bond acceptors (Lipinski definition) is 2. The zero-order chi connectivity index (χ0) is 8.55. The van der Waals surface area contributed by atoms with Crippen LogP contribution < -0.4 is 5.73 Å². The van der Waals surface area contributed by atoms with Gasteiger partial charge in [-0.05, 0) is 30.7 Å². The van der Waals surface area contributed by atoms with Gasteiger partial charge in [0.25, 0.3) is 0 Å². The minimum absolute atomic E-state index is 0.795. The Morgan fingerprint density at radius 1 is 1.25 bits per heavy atom. The number of nitrogen functional groups attached to an aromatic ring is 1. The average molecular weight is 158 g/mol. The Labute approximate surface area is 71.0 Å². The maximum absolute atomic E-state index is 5.79. The van der Waals surface area contributed by atoms with Gasteiger partial charge in [-0.15, -0.1) is 0 Å². The van der Waals surface area contributed by atoms with Gasteiger partial charge in [-0.2, -0.15) is 0 Å². The van der Waals surface area contributed by atoms with Crippen molar-refractivity contribution in [2.75, 3.05) is 5.73 Å². The van der Waals surface area contributed by atoms with Gasteiger partial charge in [0.05, 0.1) is 5.52 Å². The lowest BCUT2D eigenvalue weighted by Crippen LogP contribution is -1.89. The molecule has 1 aromatic carbocycles. The number of nitrogens with zero attached hydrogens (tertiary/aromatic N) is 1. The highest BCUT2D eigenvalue weighted by molar-refractivity contribution is 5.91. The Morgan fingerprint density at radius 2 is 2.08 bits per heavy atom. The molecule has 0 bridgehead atoms. The van der Waals surface area contributed by atoms with Gasteiger partial charge in [0.1, 0.15) is 0 Å². The molecule has 12 heavy (non-hydrogen) atoms. The van der Waals surface area contributed by atoms with Crippen LogP contribution >= 0.6 is 0 Å². The molecule has 2 heteroatoms. The van der Waals surface area contributed by atoms with Crippen molar-refractivity contribution in [1.82, 2.24) is 4.98 Å². The van der Waals surface area contributed by atoms with Crippen LogP contribution in [0.15, 0.2) is 30.5 Å². The van der Waals surface area contributed by atoms with Crippen LogP contribution in [0.2, 0.25) is 0 Å². The predicted octanol–water partition coefficient (Wildman–Crippen LogP) is 2.13. The van der Waals surface area contributed by atoms with Crippen molar-refractivity contribution in [1.29, 1.82) is 0 Å². The van der Waals surface area contributed by atoms with Gasteiger partial charge in [0.2, 0.25) is 0 Å². The molecule has 0 atom stereocenters. The number of rotatable bonds is 0. The van der Waals surface area contributed by atoms with E-state index < -0.39 is 0 Å². The number of aromatic nitrogens is 1. The van der Waals surface area contributed by atoms with Crippen LogP contribution in [-0.4, -0.2) is 4.98 Å². The van der Waals surface area contributed by atoms with Crippen LogP contribution in [0.4, 0.5) is 5.69 Å². The summed E-state index contributed by atoms with van der Waals surface area (Å²) in [6.07, 6.45) is 1.79. The second-order valence-corrected chi connectivity index (χ2v) is 2.87. The first kappa shape index (κ1) is 7.10. The molecular formula is C10H10N2. The highest BCUT2D eigenvalue weighted by Crippen LogP contribution is 2.21. The van der Waals surface area contributed by atoms with E-state index in [4.69, 9.17) is 5.73 Å². The largest absolute Gasteiger partial charge is 0.398 e.